The van der Waals surface area contributed by atoms with Crippen LogP contribution in [-0.4, -0.2) is 19.3 Å². The fraction of sp³-hybridized carbons (Fsp3) is 0.391. The Balaban J connectivity index is 1.70. The SMILES string of the molecule is CCCC1COC(c2ccc(C(F)(F)Oc3cc(F)c(OC(F)(F)C=C(F)F)c(F)c3)cc2)OC1. The Morgan fingerprint density at radius 1 is 0.971 bits per heavy atom. The van der Waals surface area contributed by atoms with Crippen LogP contribution in [0.2, 0.25) is 0 Å². The van der Waals surface area contributed by atoms with E-state index in [-0.39, 0.29) is 18.1 Å². The molecule has 0 aliphatic carbocycles. The molecule has 2 aromatic carbocycles. The molecule has 12 heteroatoms. The molecular weight excluding hydrogens is 492 g/mol. The van der Waals surface area contributed by atoms with Crippen molar-refractivity contribution in [3.05, 3.63) is 71.3 Å². The third-order valence-corrected chi connectivity index (χ3v) is 4.92. The number of rotatable bonds is 9. The Hall–Kier alpha value is -2.86. The van der Waals surface area contributed by atoms with Crippen molar-refractivity contribution in [1.29, 1.82) is 0 Å². The van der Waals surface area contributed by atoms with Gasteiger partial charge in [-0.15, -0.1) is 0 Å². The lowest BCUT2D eigenvalue weighted by Crippen LogP contribution is -2.27. The minimum atomic E-state index is -4.75. The Bertz CT molecular complexity index is 1010. The Morgan fingerprint density at radius 2 is 1.54 bits per heavy atom. The molecule has 1 saturated heterocycles. The van der Waals surface area contributed by atoms with E-state index >= 15 is 0 Å². The highest BCUT2D eigenvalue weighted by Gasteiger charge is 2.37. The van der Waals surface area contributed by atoms with Crippen LogP contribution < -0.4 is 9.47 Å². The number of hydrogen-bond donors (Lipinski definition) is 0. The predicted octanol–water partition coefficient (Wildman–Crippen LogP) is 7.31. The van der Waals surface area contributed by atoms with Crippen molar-refractivity contribution in [2.75, 3.05) is 13.2 Å². The van der Waals surface area contributed by atoms with Crippen LogP contribution in [-0.2, 0) is 15.6 Å². The van der Waals surface area contributed by atoms with E-state index in [4.69, 9.17) is 9.47 Å². The van der Waals surface area contributed by atoms with E-state index in [2.05, 4.69) is 9.47 Å². The Kier molecular flexibility index (Phi) is 8.26. The maximum atomic E-state index is 14.6. The molecule has 35 heavy (non-hydrogen) atoms. The van der Waals surface area contributed by atoms with E-state index < -0.39 is 59.4 Å². The van der Waals surface area contributed by atoms with Crippen LogP contribution >= 0.6 is 0 Å². The minimum Gasteiger partial charge on any atom is -0.429 e. The summed E-state index contributed by atoms with van der Waals surface area (Å²) in [6.07, 6.45) is -11.5. The van der Waals surface area contributed by atoms with E-state index in [1.165, 1.54) is 12.1 Å². The molecule has 0 N–H and O–H groups in total. The third-order valence-electron chi connectivity index (χ3n) is 4.92. The molecule has 192 valence electrons. The van der Waals surface area contributed by atoms with E-state index in [0.717, 1.165) is 25.0 Å². The summed E-state index contributed by atoms with van der Waals surface area (Å²) in [4.78, 5) is 0. The Labute approximate surface area is 195 Å². The summed E-state index contributed by atoms with van der Waals surface area (Å²) in [6.45, 7) is 2.95. The van der Waals surface area contributed by atoms with Gasteiger partial charge >= 0.3 is 12.2 Å². The standard InChI is InChI=1S/C23H20F8O4/c1-2-3-13-11-32-21(33-12-13)14-4-6-15(7-5-14)23(30,31)34-16-8-17(24)20(18(25)9-16)35-22(28,29)10-19(26)27/h4-10,13,21H,2-3,11-12H2,1H3. The van der Waals surface area contributed by atoms with E-state index in [1.807, 2.05) is 6.92 Å². The van der Waals surface area contributed by atoms with Crippen LogP contribution in [0.3, 0.4) is 0 Å². The summed E-state index contributed by atoms with van der Waals surface area (Å²) in [5.41, 5.74) is -0.213. The highest BCUT2D eigenvalue weighted by molar-refractivity contribution is 5.36. The lowest BCUT2D eigenvalue weighted by atomic mass is 10.0. The van der Waals surface area contributed by atoms with Gasteiger partial charge < -0.3 is 18.9 Å². The lowest BCUT2D eigenvalue weighted by molar-refractivity contribution is -0.206. The van der Waals surface area contributed by atoms with Crippen molar-refractivity contribution in [1.82, 2.24) is 0 Å². The summed E-state index contributed by atoms with van der Waals surface area (Å²) in [6, 6.07) is 4.95. The maximum absolute atomic E-state index is 14.6. The number of alkyl halides is 4. The third kappa shape index (κ3) is 7.07. The Morgan fingerprint density at radius 3 is 2.06 bits per heavy atom. The van der Waals surface area contributed by atoms with Gasteiger partial charge in [-0.05, 0) is 18.6 Å². The largest absolute Gasteiger partial charge is 0.429 e. The number of benzene rings is 2. The van der Waals surface area contributed by atoms with Gasteiger partial charge in [0.2, 0.25) is 0 Å². The first-order valence-corrected chi connectivity index (χ1v) is 10.4. The van der Waals surface area contributed by atoms with E-state index in [0.29, 0.717) is 18.8 Å². The second kappa shape index (κ2) is 10.8. The zero-order valence-corrected chi connectivity index (χ0v) is 18.2. The summed E-state index contributed by atoms with van der Waals surface area (Å²) >= 11 is 0. The van der Waals surface area contributed by atoms with Crippen LogP contribution in [0.1, 0.15) is 37.2 Å². The van der Waals surface area contributed by atoms with Crippen molar-refractivity contribution in [3.63, 3.8) is 0 Å². The lowest BCUT2D eigenvalue weighted by Gasteiger charge is -2.29. The summed E-state index contributed by atoms with van der Waals surface area (Å²) in [7, 11) is 0. The van der Waals surface area contributed by atoms with Gasteiger partial charge in [-0.2, -0.15) is 26.3 Å². The van der Waals surface area contributed by atoms with Gasteiger partial charge in [0.25, 0.3) is 6.08 Å². The van der Waals surface area contributed by atoms with Crippen LogP contribution in [0.15, 0.2) is 48.6 Å². The first-order chi connectivity index (χ1) is 16.4. The molecule has 3 rings (SSSR count). The number of ether oxygens (including phenoxy) is 4. The first kappa shape index (κ1) is 26.7. The molecule has 1 fully saturated rings. The average molecular weight is 512 g/mol. The molecule has 0 radical (unpaired) electrons. The van der Waals surface area contributed by atoms with Crippen molar-refractivity contribution in [3.8, 4) is 11.5 Å². The second-order valence-electron chi connectivity index (χ2n) is 7.71. The van der Waals surface area contributed by atoms with Crippen LogP contribution in [0.5, 0.6) is 11.5 Å². The van der Waals surface area contributed by atoms with Gasteiger partial charge in [0, 0.05) is 23.6 Å². The van der Waals surface area contributed by atoms with Gasteiger partial charge in [-0.3, -0.25) is 0 Å². The number of hydrogen-bond acceptors (Lipinski definition) is 4. The summed E-state index contributed by atoms with van der Waals surface area (Å²) < 4.78 is 127. The molecule has 1 heterocycles. The van der Waals surface area contributed by atoms with Crippen molar-refractivity contribution in [2.45, 2.75) is 38.3 Å². The topological polar surface area (TPSA) is 36.9 Å². The van der Waals surface area contributed by atoms with E-state index in [1.54, 1.807) is 0 Å². The molecule has 1 aliphatic rings. The molecule has 2 aromatic rings. The van der Waals surface area contributed by atoms with Crippen LogP contribution in [0.25, 0.3) is 0 Å². The second-order valence-corrected chi connectivity index (χ2v) is 7.71. The highest BCUT2D eigenvalue weighted by atomic mass is 19.3. The quantitative estimate of drug-likeness (QED) is 0.330. The van der Waals surface area contributed by atoms with Gasteiger partial charge in [0.1, 0.15) is 5.75 Å². The molecule has 0 spiro atoms. The fourth-order valence-corrected chi connectivity index (χ4v) is 3.34. The minimum absolute atomic E-state index is 0.155. The molecule has 0 unspecified atom stereocenters. The van der Waals surface area contributed by atoms with Crippen molar-refractivity contribution < 1.29 is 54.1 Å². The average Bonchev–Trinajstić information content (AvgIpc) is 2.76. The van der Waals surface area contributed by atoms with Gasteiger partial charge in [0.15, 0.2) is 23.7 Å². The number of halogens is 8. The van der Waals surface area contributed by atoms with Crippen molar-refractivity contribution in [2.24, 2.45) is 5.92 Å². The van der Waals surface area contributed by atoms with Gasteiger partial charge in [-0.25, -0.2) is 8.78 Å². The monoisotopic (exact) mass is 512 g/mol. The van der Waals surface area contributed by atoms with Crippen LogP contribution in [0, 0.1) is 17.6 Å². The molecule has 0 atom stereocenters. The molecule has 0 saturated carbocycles. The normalized spacial score (nSPS) is 18.8. The zero-order chi connectivity index (χ0) is 25.8. The van der Waals surface area contributed by atoms with Gasteiger partial charge in [-0.1, -0.05) is 25.5 Å². The molecule has 0 amide bonds. The molecule has 1 aliphatic heterocycles. The molecule has 0 aromatic heterocycles. The summed E-state index contributed by atoms with van der Waals surface area (Å²) in [5, 5.41) is 0. The maximum Gasteiger partial charge on any atom is 0.426 e. The first-order valence-electron chi connectivity index (χ1n) is 10.4. The zero-order valence-electron chi connectivity index (χ0n) is 18.2. The molecule has 4 nitrogen and oxygen atoms in total. The summed E-state index contributed by atoms with van der Waals surface area (Å²) in [5.74, 6) is -6.30. The molecule has 0 bridgehead atoms. The predicted molar refractivity (Wildman–Crippen MR) is 106 cm³/mol. The molecular formula is C23H20F8O4. The van der Waals surface area contributed by atoms with E-state index in [9.17, 15) is 35.1 Å². The smallest absolute Gasteiger partial charge is 0.426 e. The highest BCUT2D eigenvalue weighted by Crippen LogP contribution is 2.37. The van der Waals surface area contributed by atoms with Crippen molar-refractivity contribution >= 4 is 0 Å². The van der Waals surface area contributed by atoms with Crippen LogP contribution in [0.4, 0.5) is 35.1 Å². The fourth-order valence-electron chi connectivity index (χ4n) is 3.34. The van der Waals surface area contributed by atoms with Gasteiger partial charge in [0.05, 0.1) is 24.9 Å².